The minimum absolute atomic E-state index is 0.0964. The number of hydrogen-bond donors (Lipinski definition) is 1. The first-order valence-corrected chi connectivity index (χ1v) is 13.0. The fourth-order valence-corrected chi connectivity index (χ4v) is 5.52. The van der Waals surface area contributed by atoms with Crippen LogP contribution in [-0.4, -0.2) is 57.3 Å². The highest BCUT2D eigenvalue weighted by Gasteiger charge is 2.30. The molecule has 1 aliphatic carbocycles. The first-order valence-electron chi connectivity index (χ1n) is 12.6. The number of hydrogen-bond acceptors (Lipinski definition) is 4. The summed E-state index contributed by atoms with van der Waals surface area (Å²) in [5.41, 5.74) is -0.511. The van der Waals surface area contributed by atoms with E-state index in [1.807, 2.05) is 4.90 Å². The standard InChI is InChI=1S/C27H28ClFN4O4/c28-20-7-9-23-21(15-20)24(34)30-27(37)33(23)16-19-14-18(6-8-22(19)29)26(36)32-12-10-31(11-13-32)25(35)17-4-2-1-3-5-17/h6-9,14-15,17H,1-5,10-13,16H2,(H,30,34,37). The average Bonchev–Trinajstić information content (AvgIpc) is 2.92. The first-order chi connectivity index (χ1) is 17.8. The van der Waals surface area contributed by atoms with Crippen LogP contribution in [0.5, 0.6) is 0 Å². The zero-order valence-corrected chi connectivity index (χ0v) is 21.1. The van der Waals surface area contributed by atoms with Gasteiger partial charge in [0.1, 0.15) is 5.82 Å². The van der Waals surface area contributed by atoms with Crippen LogP contribution in [0.3, 0.4) is 0 Å². The molecule has 3 aromatic rings. The van der Waals surface area contributed by atoms with E-state index < -0.39 is 17.1 Å². The van der Waals surface area contributed by atoms with Gasteiger partial charge in [-0.1, -0.05) is 30.9 Å². The third-order valence-electron chi connectivity index (χ3n) is 7.41. The second kappa shape index (κ2) is 10.5. The van der Waals surface area contributed by atoms with Crippen molar-refractivity contribution in [3.05, 3.63) is 79.2 Å². The summed E-state index contributed by atoms with van der Waals surface area (Å²) in [5.74, 6) is -0.536. The molecule has 1 saturated heterocycles. The Kier molecular flexibility index (Phi) is 7.15. The van der Waals surface area contributed by atoms with Crippen molar-refractivity contribution >= 4 is 34.3 Å². The molecule has 0 bridgehead atoms. The SMILES string of the molecule is O=C(c1ccc(F)c(Cn2c(=O)[nH]c(=O)c3cc(Cl)ccc32)c1)N1CCN(C(=O)C2CCCCC2)CC1. The van der Waals surface area contributed by atoms with Gasteiger partial charge in [0.15, 0.2) is 0 Å². The number of fused-ring (bicyclic) bond motifs is 1. The van der Waals surface area contributed by atoms with Crippen LogP contribution < -0.4 is 11.2 Å². The Morgan fingerprint density at radius 1 is 0.946 bits per heavy atom. The minimum Gasteiger partial charge on any atom is -0.339 e. The largest absolute Gasteiger partial charge is 0.339 e. The maximum Gasteiger partial charge on any atom is 0.329 e. The van der Waals surface area contributed by atoms with E-state index in [1.165, 1.54) is 41.3 Å². The third kappa shape index (κ3) is 5.18. The molecule has 10 heteroatoms. The highest BCUT2D eigenvalue weighted by atomic mass is 35.5. The molecule has 1 saturated carbocycles. The fraction of sp³-hybridized carbons (Fsp3) is 0.407. The summed E-state index contributed by atoms with van der Waals surface area (Å²) < 4.78 is 16.0. The summed E-state index contributed by atoms with van der Waals surface area (Å²) in [5, 5.41) is 0.544. The van der Waals surface area contributed by atoms with E-state index in [0.29, 0.717) is 42.3 Å². The number of nitrogens with one attached hydrogen (secondary N) is 1. The lowest BCUT2D eigenvalue weighted by Gasteiger charge is -2.37. The molecule has 0 radical (unpaired) electrons. The van der Waals surface area contributed by atoms with Gasteiger partial charge in [0.25, 0.3) is 11.5 Å². The normalized spacial score (nSPS) is 16.8. The van der Waals surface area contributed by atoms with Gasteiger partial charge >= 0.3 is 5.69 Å². The Labute approximate surface area is 217 Å². The van der Waals surface area contributed by atoms with Crippen molar-refractivity contribution < 1.29 is 14.0 Å². The van der Waals surface area contributed by atoms with Crippen LogP contribution in [0.25, 0.3) is 10.9 Å². The number of benzene rings is 2. The van der Waals surface area contributed by atoms with E-state index in [2.05, 4.69) is 4.98 Å². The average molecular weight is 527 g/mol. The van der Waals surface area contributed by atoms with Crippen molar-refractivity contribution in [2.75, 3.05) is 26.2 Å². The van der Waals surface area contributed by atoms with E-state index in [1.54, 1.807) is 11.0 Å². The monoisotopic (exact) mass is 526 g/mol. The van der Waals surface area contributed by atoms with Crippen molar-refractivity contribution in [1.29, 1.82) is 0 Å². The smallest absolute Gasteiger partial charge is 0.329 e. The molecule has 194 valence electrons. The van der Waals surface area contributed by atoms with Crippen molar-refractivity contribution in [1.82, 2.24) is 19.4 Å². The number of amides is 2. The molecular weight excluding hydrogens is 499 g/mol. The predicted octanol–water partition coefficient (Wildman–Crippen LogP) is 3.40. The third-order valence-corrected chi connectivity index (χ3v) is 7.65. The van der Waals surface area contributed by atoms with Gasteiger partial charge in [0.2, 0.25) is 5.91 Å². The lowest BCUT2D eigenvalue weighted by molar-refractivity contribution is -0.138. The quantitative estimate of drug-likeness (QED) is 0.563. The van der Waals surface area contributed by atoms with Crippen molar-refractivity contribution in [3.63, 3.8) is 0 Å². The van der Waals surface area contributed by atoms with Crippen LogP contribution in [-0.2, 0) is 11.3 Å². The predicted molar refractivity (Wildman–Crippen MR) is 138 cm³/mol. The molecular formula is C27H28ClFN4O4. The lowest BCUT2D eigenvalue weighted by Crippen LogP contribution is -2.52. The number of piperazine rings is 1. The van der Waals surface area contributed by atoms with Crippen LogP contribution in [0.15, 0.2) is 46.0 Å². The lowest BCUT2D eigenvalue weighted by atomic mass is 9.88. The minimum atomic E-state index is -0.685. The molecule has 2 aromatic carbocycles. The molecule has 2 heterocycles. The second-order valence-electron chi connectivity index (χ2n) is 9.77. The van der Waals surface area contributed by atoms with Crippen LogP contribution in [0.1, 0.15) is 48.0 Å². The van der Waals surface area contributed by atoms with Gasteiger partial charge in [0, 0.05) is 48.2 Å². The van der Waals surface area contributed by atoms with Gasteiger partial charge < -0.3 is 9.80 Å². The zero-order valence-electron chi connectivity index (χ0n) is 20.3. The van der Waals surface area contributed by atoms with E-state index in [-0.39, 0.29) is 35.2 Å². The summed E-state index contributed by atoms with van der Waals surface area (Å²) in [6, 6.07) is 8.61. The van der Waals surface area contributed by atoms with Gasteiger partial charge in [-0.3, -0.25) is 23.9 Å². The molecule has 2 fully saturated rings. The van der Waals surface area contributed by atoms with E-state index >= 15 is 0 Å². The Balaban J connectivity index is 1.33. The van der Waals surface area contributed by atoms with Crippen molar-refractivity contribution in [3.8, 4) is 0 Å². The number of aromatic nitrogens is 2. The summed E-state index contributed by atoms with van der Waals surface area (Å²) >= 11 is 6.00. The maximum absolute atomic E-state index is 14.8. The molecule has 1 aliphatic heterocycles. The van der Waals surface area contributed by atoms with Crippen LogP contribution in [0.2, 0.25) is 5.02 Å². The first kappa shape index (κ1) is 25.2. The number of halogens is 2. The summed E-state index contributed by atoms with van der Waals surface area (Å²) in [7, 11) is 0. The maximum atomic E-state index is 14.8. The molecule has 2 aliphatic rings. The van der Waals surface area contributed by atoms with E-state index in [0.717, 1.165) is 25.7 Å². The van der Waals surface area contributed by atoms with Crippen LogP contribution >= 0.6 is 11.6 Å². The number of carbonyl (C=O) groups is 2. The molecule has 0 unspecified atom stereocenters. The van der Waals surface area contributed by atoms with E-state index in [4.69, 9.17) is 11.6 Å². The van der Waals surface area contributed by atoms with Crippen molar-refractivity contribution in [2.45, 2.75) is 38.6 Å². The number of nitrogens with zero attached hydrogens (tertiary/aromatic N) is 3. The molecule has 0 spiro atoms. The Bertz CT molecular complexity index is 1470. The molecule has 0 atom stereocenters. The van der Waals surface area contributed by atoms with Gasteiger partial charge in [-0.2, -0.15) is 0 Å². The molecule has 2 amide bonds. The molecule has 37 heavy (non-hydrogen) atoms. The van der Waals surface area contributed by atoms with Crippen LogP contribution in [0, 0.1) is 11.7 Å². The summed E-state index contributed by atoms with van der Waals surface area (Å²) in [6.45, 7) is 1.61. The number of rotatable bonds is 4. The van der Waals surface area contributed by atoms with Crippen LogP contribution in [0.4, 0.5) is 4.39 Å². The Morgan fingerprint density at radius 2 is 1.65 bits per heavy atom. The van der Waals surface area contributed by atoms with Gasteiger partial charge in [-0.15, -0.1) is 0 Å². The fourth-order valence-electron chi connectivity index (χ4n) is 5.34. The topological polar surface area (TPSA) is 95.5 Å². The number of H-pyrrole nitrogens is 1. The Hall–Kier alpha value is -3.46. The van der Waals surface area contributed by atoms with Crippen molar-refractivity contribution in [2.24, 2.45) is 5.92 Å². The summed E-state index contributed by atoms with van der Waals surface area (Å²) in [6.07, 6.45) is 5.26. The molecule has 1 aromatic heterocycles. The van der Waals surface area contributed by atoms with Gasteiger partial charge in [-0.05, 0) is 49.2 Å². The molecule has 5 rings (SSSR count). The molecule has 1 N–H and O–H groups in total. The number of carbonyl (C=O) groups excluding carboxylic acids is 2. The Morgan fingerprint density at radius 3 is 2.38 bits per heavy atom. The summed E-state index contributed by atoms with van der Waals surface area (Å²) in [4.78, 5) is 56.6. The molecule has 8 nitrogen and oxygen atoms in total. The van der Waals surface area contributed by atoms with Gasteiger partial charge in [-0.25, -0.2) is 9.18 Å². The second-order valence-corrected chi connectivity index (χ2v) is 10.2. The van der Waals surface area contributed by atoms with Gasteiger partial charge in [0.05, 0.1) is 17.4 Å². The number of aromatic amines is 1. The van der Waals surface area contributed by atoms with E-state index in [9.17, 15) is 23.6 Å². The zero-order chi connectivity index (χ0) is 26.1. The highest BCUT2D eigenvalue weighted by molar-refractivity contribution is 6.31. The highest BCUT2D eigenvalue weighted by Crippen LogP contribution is 2.26.